The molecule has 1 aromatic carbocycles. The molecule has 3 fully saturated rings. The zero-order valence-corrected chi connectivity index (χ0v) is 22.0. The zero-order chi connectivity index (χ0) is 25.5. The summed E-state index contributed by atoms with van der Waals surface area (Å²) in [6, 6.07) is 4.89. The highest BCUT2D eigenvalue weighted by Gasteiger charge is 2.77. The predicted molar refractivity (Wildman–Crippen MR) is 134 cm³/mol. The number of aliphatic hydroxyl groups is 1. The molecule has 1 aromatic rings. The molecule has 1 spiro atoms. The number of hydrogen-bond acceptors (Lipinski definition) is 6. The Morgan fingerprint density at radius 3 is 2.66 bits per heavy atom. The number of nitrogens with zero attached hydrogens (tertiary/aromatic N) is 2. The number of carbonyl (C=O) groups excluding carboxylic acids is 3. The number of alkyl halides is 1. The fourth-order valence-corrected chi connectivity index (χ4v) is 7.14. The van der Waals surface area contributed by atoms with Crippen molar-refractivity contribution in [3.8, 4) is 0 Å². The molecule has 3 aliphatic heterocycles. The Hall–Kier alpha value is -2.23. The molecular weight excluding hydrogens is 516 g/mol. The van der Waals surface area contributed by atoms with E-state index in [2.05, 4.69) is 22.5 Å². The van der Waals surface area contributed by atoms with E-state index in [9.17, 15) is 19.5 Å². The van der Waals surface area contributed by atoms with Gasteiger partial charge in [-0.05, 0) is 44.7 Å². The molecule has 0 aromatic heterocycles. The molecule has 1 N–H and O–H groups in total. The van der Waals surface area contributed by atoms with Crippen molar-refractivity contribution in [3.63, 3.8) is 0 Å². The van der Waals surface area contributed by atoms with Gasteiger partial charge in [0.2, 0.25) is 5.91 Å². The first-order valence-corrected chi connectivity index (χ1v) is 13.0. The minimum Gasteiger partial charge on any atom is -0.466 e. The Labute approximate surface area is 214 Å². The van der Waals surface area contributed by atoms with Gasteiger partial charge in [-0.1, -0.05) is 40.2 Å². The van der Waals surface area contributed by atoms with Crippen molar-refractivity contribution in [2.75, 3.05) is 31.2 Å². The number of halogens is 1. The average Bonchev–Trinajstić information content (AvgIpc) is 3.40. The summed E-state index contributed by atoms with van der Waals surface area (Å²) in [5.41, 5.74) is 1.48. The van der Waals surface area contributed by atoms with E-state index in [0.717, 1.165) is 16.8 Å². The molecule has 2 bridgehead atoms. The normalized spacial score (nSPS) is 30.9. The molecule has 3 saturated heterocycles. The van der Waals surface area contributed by atoms with Crippen molar-refractivity contribution in [3.05, 3.63) is 42.0 Å². The van der Waals surface area contributed by atoms with E-state index in [1.165, 1.54) is 4.90 Å². The lowest BCUT2D eigenvalue weighted by molar-refractivity contribution is -0.154. The van der Waals surface area contributed by atoms with Gasteiger partial charge in [-0.2, -0.15) is 0 Å². The van der Waals surface area contributed by atoms with Gasteiger partial charge in [-0.15, -0.1) is 6.58 Å². The molecule has 6 atom stereocenters. The molecule has 9 heteroatoms. The van der Waals surface area contributed by atoms with Crippen LogP contribution in [-0.4, -0.2) is 76.7 Å². The summed E-state index contributed by atoms with van der Waals surface area (Å²) in [6.07, 6.45) is 1.85. The minimum atomic E-state index is -1.16. The van der Waals surface area contributed by atoms with Crippen LogP contribution in [0.2, 0.25) is 0 Å². The van der Waals surface area contributed by atoms with Crippen LogP contribution < -0.4 is 4.90 Å². The van der Waals surface area contributed by atoms with Crippen LogP contribution in [0.5, 0.6) is 0 Å². The van der Waals surface area contributed by atoms with E-state index in [-0.39, 0.29) is 42.9 Å². The smallest absolute Gasteiger partial charge is 0.312 e. The lowest BCUT2D eigenvalue weighted by Crippen LogP contribution is -2.57. The number of rotatable bonds is 9. The van der Waals surface area contributed by atoms with E-state index in [1.54, 1.807) is 17.9 Å². The molecule has 0 radical (unpaired) electrons. The standard InChI is InChI=1S/C26H33BrN2O6/c1-5-11-28(20-15(3)9-7-10-16(20)4)24(32)22-26-14-17(27)21(35-26)18(25(33)34-6-2)19(26)23(31)29(22)12-8-13-30/h5,7,9-10,17-19,21-22,30H,1,6,8,11-14H2,2-4H3/t17?,18-,19-,21-,22?,26?/m0/s1. The van der Waals surface area contributed by atoms with Crippen LogP contribution >= 0.6 is 15.9 Å². The molecule has 0 saturated carbocycles. The molecular formula is C26H33BrN2O6. The molecule has 0 aliphatic carbocycles. The number of benzene rings is 1. The van der Waals surface area contributed by atoms with Crippen LogP contribution in [0.1, 0.15) is 30.9 Å². The highest BCUT2D eigenvalue weighted by atomic mass is 79.9. The van der Waals surface area contributed by atoms with E-state index < -0.39 is 35.6 Å². The number of likely N-dealkylation sites (tertiary alicyclic amines) is 1. The van der Waals surface area contributed by atoms with Crippen LogP contribution in [0, 0.1) is 25.7 Å². The maximum Gasteiger partial charge on any atom is 0.312 e. The second-order valence-corrected chi connectivity index (χ2v) is 10.7. The van der Waals surface area contributed by atoms with Crippen LogP contribution in [0.25, 0.3) is 0 Å². The quantitative estimate of drug-likeness (QED) is 0.289. The van der Waals surface area contributed by atoms with E-state index in [0.29, 0.717) is 12.8 Å². The summed E-state index contributed by atoms with van der Waals surface area (Å²) in [7, 11) is 0. The number of carbonyl (C=O) groups is 3. The van der Waals surface area contributed by atoms with E-state index >= 15 is 0 Å². The molecule has 2 amide bonds. The Bertz CT molecular complexity index is 1010. The fourth-order valence-electron chi connectivity index (χ4n) is 6.20. The summed E-state index contributed by atoms with van der Waals surface area (Å²) in [6.45, 7) is 9.98. The first-order valence-electron chi connectivity index (χ1n) is 12.1. The van der Waals surface area contributed by atoms with Crippen molar-refractivity contribution in [1.82, 2.24) is 4.90 Å². The van der Waals surface area contributed by atoms with Crippen molar-refractivity contribution in [2.24, 2.45) is 11.8 Å². The van der Waals surface area contributed by atoms with Crippen molar-refractivity contribution >= 4 is 39.4 Å². The van der Waals surface area contributed by atoms with Crippen LogP contribution in [0.3, 0.4) is 0 Å². The van der Waals surface area contributed by atoms with Gasteiger partial charge < -0.3 is 24.4 Å². The summed E-state index contributed by atoms with van der Waals surface area (Å²) >= 11 is 3.65. The number of hydrogen-bond donors (Lipinski definition) is 1. The van der Waals surface area contributed by atoms with Gasteiger partial charge in [-0.25, -0.2) is 0 Å². The SMILES string of the molecule is C=CCN(C(=O)C1N(CCCO)C(=O)[C@@H]2[C@H](C(=O)OCC)[C@H]3OC12CC3Br)c1c(C)cccc1C. The Kier molecular flexibility index (Phi) is 7.41. The monoisotopic (exact) mass is 548 g/mol. The van der Waals surface area contributed by atoms with Crippen LogP contribution in [-0.2, 0) is 23.9 Å². The van der Waals surface area contributed by atoms with Crippen molar-refractivity contribution in [2.45, 2.75) is 56.2 Å². The number of para-hydroxylation sites is 1. The third kappa shape index (κ3) is 4.01. The Morgan fingerprint density at radius 1 is 1.37 bits per heavy atom. The van der Waals surface area contributed by atoms with E-state index in [1.807, 2.05) is 32.0 Å². The maximum absolute atomic E-state index is 14.4. The lowest BCUT2D eigenvalue weighted by atomic mass is 9.70. The number of aryl methyl sites for hydroxylation is 2. The average molecular weight is 549 g/mol. The first-order chi connectivity index (χ1) is 16.7. The Morgan fingerprint density at radius 2 is 2.06 bits per heavy atom. The van der Waals surface area contributed by atoms with Gasteiger partial charge in [0.1, 0.15) is 11.6 Å². The molecule has 3 unspecified atom stereocenters. The third-order valence-electron chi connectivity index (χ3n) is 7.43. The Balaban J connectivity index is 1.82. The number of aliphatic hydroxyl groups excluding tert-OH is 1. The third-order valence-corrected chi connectivity index (χ3v) is 8.27. The van der Waals surface area contributed by atoms with Gasteiger partial charge in [0.25, 0.3) is 5.91 Å². The van der Waals surface area contributed by atoms with Gasteiger partial charge in [0, 0.05) is 30.2 Å². The van der Waals surface area contributed by atoms with Gasteiger partial charge in [0.15, 0.2) is 0 Å². The van der Waals surface area contributed by atoms with Crippen LogP contribution in [0.4, 0.5) is 5.69 Å². The first kappa shape index (κ1) is 25.9. The predicted octanol–water partition coefficient (Wildman–Crippen LogP) is 2.52. The number of esters is 1. The summed E-state index contributed by atoms with van der Waals surface area (Å²) < 4.78 is 11.8. The second kappa shape index (κ2) is 10.0. The summed E-state index contributed by atoms with van der Waals surface area (Å²) in [4.78, 5) is 44.2. The van der Waals surface area contributed by atoms with E-state index in [4.69, 9.17) is 9.47 Å². The largest absolute Gasteiger partial charge is 0.466 e. The molecule has 3 aliphatic rings. The molecule has 4 rings (SSSR count). The second-order valence-electron chi connectivity index (χ2n) is 9.50. The van der Waals surface area contributed by atoms with Gasteiger partial charge >= 0.3 is 5.97 Å². The molecule has 190 valence electrons. The van der Waals surface area contributed by atoms with Crippen LogP contribution in [0.15, 0.2) is 30.9 Å². The lowest BCUT2D eigenvalue weighted by Gasteiger charge is -2.37. The zero-order valence-electron chi connectivity index (χ0n) is 20.4. The summed E-state index contributed by atoms with van der Waals surface area (Å²) in [5, 5.41) is 9.51. The highest BCUT2D eigenvalue weighted by Crippen LogP contribution is 2.60. The van der Waals surface area contributed by atoms with Gasteiger partial charge in [-0.3, -0.25) is 14.4 Å². The minimum absolute atomic E-state index is 0.124. The fraction of sp³-hybridized carbons (Fsp3) is 0.577. The van der Waals surface area contributed by atoms with Crippen molar-refractivity contribution in [1.29, 1.82) is 0 Å². The molecule has 3 heterocycles. The number of anilines is 1. The molecule has 8 nitrogen and oxygen atoms in total. The highest BCUT2D eigenvalue weighted by molar-refractivity contribution is 9.09. The molecule has 35 heavy (non-hydrogen) atoms. The van der Waals surface area contributed by atoms with Gasteiger partial charge in [0.05, 0.1) is 24.5 Å². The number of fused-ring (bicyclic) bond motifs is 1. The maximum atomic E-state index is 14.4. The van der Waals surface area contributed by atoms with Crippen molar-refractivity contribution < 1.29 is 29.0 Å². The number of amides is 2. The summed E-state index contributed by atoms with van der Waals surface area (Å²) in [5.74, 6) is -2.65. The topological polar surface area (TPSA) is 96.4 Å². The number of ether oxygens (including phenoxy) is 2.